The van der Waals surface area contributed by atoms with Crippen molar-refractivity contribution in [2.45, 2.75) is 13.5 Å². The van der Waals surface area contributed by atoms with E-state index in [0.29, 0.717) is 12.3 Å². The minimum atomic E-state index is 0.484. The van der Waals surface area contributed by atoms with Crippen LogP contribution in [-0.2, 0) is 6.61 Å². The first-order chi connectivity index (χ1) is 10.1. The predicted molar refractivity (Wildman–Crippen MR) is 86.7 cm³/mol. The first kappa shape index (κ1) is 13.7. The zero-order valence-corrected chi connectivity index (χ0v) is 12.4. The van der Waals surface area contributed by atoms with Crippen molar-refractivity contribution in [1.82, 2.24) is 4.98 Å². The average Bonchev–Trinajstić information content (AvgIpc) is 2.48. The second-order valence-electron chi connectivity index (χ2n) is 4.94. The van der Waals surface area contributed by atoms with Crippen molar-refractivity contribution in [2.75, 3.05) is 5.73 Å². The SMILES string of the molecule is Cc1cc2c(OCc3ccc(Cl)cc3)ccc(N)c2cn1. The molecule has 0 aliphatic rings. The number of hydrogen-bond acceptors (Lipinski definition) is 3. The number of pyridine rings is 1. The number of aromatic nitrogens is 1. The van der Waals surface area contributed by atoms with Crippen LogP contribution in [0.4, 0.5) is 5.69 Å². The Bertz CT molecular complexity index is 785. The second-order valence-corrected chi connectivity index (χ2v) is 5.38. The molecule has 0 atom stereocenters. The molecule has 0 bridgehead atoms. The van der Waals surface area contributed by atoms with Crippen LogP contribution in [0.15, 0.2) is 48.7 Å². The summed E-state index contributed by atoms with van der Waals surface area (Å²) in [6, 6.07) is 13.3. The molecule has 21 heavy (non-hydrogen) atoms. The van der Waals surface area contributed by atoms with Gasteiger partial charge in [-0.2, -0.15) is 0 Å². The fraction of sp³-hybridized carbons (Fsp3) is 0.118. The standard InChI is InChI=1S/C17H15ClN2O/c1-11-8-14-15(9-20-11)16(19)6-7-17(14)21-10-12-2-4-13(18)5-3-12/h2-9H,10,19H2,1H3. The molecular formula is C17H15ClN2O. The lowest BCUT2D eigenvalue weighted by molar-refractivity contribution is 0.310. The van der Waals surface area contributed by atoms with Crippen molar-refractivity contribution in [3.8, 4) is 5.75 Å². The summed E-state index contributed by atoms with van der Waals surface area (Å²) in [5.74, 6) is 0.805. The van der Waals surface area contributed by atoms with Crippen LogP contribution < -0.4 is 10.5 Å². The highest BCUT2D eigenvalue weighted by molar-refractivity contribution is 6.30. The van der Waals surface area contributed by atoms with E-state index >= 15 is 0 Å². The quantitative estimate of drug-likeness (QED) is 0.731. The Kier molecular flexibility index (Phi) is 3.67. The number of anilines is 1. The van der Waals surface area contributed by atoms with E-state index in [1.165, 1.54) is 0 Å². The second kappa shape index (κ2) is 5.62. The highest BCUT2D eigenvalue weighted by atomic mass is 35.5. The molecule has 0 saturated heterocycles. The molecule has 2 aromatic carbocycles. The minimum absolute atomic E-state index is 0.484. The Morgan fingerprint density at radius 1 is 1.10 bits per heavy atom. The van der Waals surface area contributed by atoms with Gasteiger partial charge in [0, 0.05) is 33.4 Å². The Morgan fingerprint density at radius 2 is 1.86 bits per heavy atom. The van der Waals surface area contributed by atoms with Crippen molar-refractivity contribution in [3.63, 3.8) is 0 Å². The van der Waals surface area contributed by atoms with E-state index in [4.69, 9.17) is 22.1 Å². The van der Waals surface area contributed by atoms with Crippen LogP contribution in [0.3, 0.4) is 0 Å². The molecule has 0 amide bonds. The van der Waals surface area contributed by atoms with Crippen molar-refractivity contribution < 1.29 is 4.74 Å². The number of nitrogen functional groups attached to an aromatic ring is 1. The smallest absolute Gasteiger partial charge is 0.127 e. The molecular weight excluding hydrogens is 284 g/mol. The zero-order valence-electron chi connectivity index (χ0n) is 11.6. The molecule has 0 radical (unpaired) electrons. The third-order valence-corrected chi connectivity index (χ3v) is 3.59. The average molecular weight is 299 g/mol. The van der Waals surface area contributed by atoms with Crippen LogP contribution in [0.2, 0.25) is 5.02 Å². The van der Waals surface area contributed by atoms with Gasteiger partial charge < -0.3 is 10.5 Å². The Balaban J connectivity index is 1.91. The van der Waals surface area contributed by atoms with Gasteiger partial charge in [0.15, 0.2) is 0 Å². The van der Waals surface area contributed by atoms with E-state index in [1.54, 1.807) is 6.20 Å². The summed E-state index contributed by atoms with van der Waals surface area (Å²) in [4.78, 5) is 4.29. The molecule has 3 aromatic rings. The number of nitrogens with zero attached hydrogens (tertiary/aromatic N) is 1. The van der Waals surface area contributed by atoms with Crippen molar-refractivity contribution in [1.29, 1.82) is 0 Å². The van der Waals surface area contributed by atoms with Gasteiger partial charge in [-0.05, 0) is 42.8 Å². The molecule has 3 rings (SSSR count). The lowest BCUT2D eigenvalue weighted by Crippen LogP contribution is -1.98. The maximum absolute atomic E-state index is 5.99. The van der Waals surface area contributed by atoms with Crippen molar-refractivity contribution in [2.24, 2.45) is 0 Å². The molecule has 0 fully saturated rings. The Labute approximate surface area is 128 Å². The molecule has 1 heterocycles. The summed E-state index contributed by atoms with van der Waals surface area (Å²) in [7, 11) is 0. The minimum Gasteiger partial charge on any atom is -0.488 e. The van der Waals surface area contributed by atoms with Crippen LogP contribution in [0.25, 0.3) is 10.8 Å². The van der Waals surface area contributed by atoms with Gasteiger partial charge in [-0.25, -0.2) is 0 Å². The molecule has 1 aromatic heterocycles. The molecule has 0 aliphatic heterocycles. The number of benzene rings is 2. The fourth-order valence-electron chi connectivity index (χ4n) is 2.21. The molecule has 2 N–H and O–H groups in total. The summed E-state index contributed by atoms with van der Waals surface area (Å²) >= 11 is 5.88. The Morgan fingerprint density at radius 3 is 2.62 bits per heavy atom. The van der Waals surface area contributed by atoms with E-state index in [-0.39, 0.29) is 0 Å². The summed E-state index contributed by atoms with van der Waals surface area (Å²) in [6.45, 7) is 2.43. The van der Waals surface area contributed by atoms with Crippen molar-refractivity contribution >= 4 is 28.1 Å². The number of rotatable bonds is 3. The van der Waals surface area contributed by atoms with Crippen LogP contribution in [0, 0.1) is 6.92 Å². The maximum Gasteiger partial charge on any atom is 0.127 e. The van der Waals surface area contributed by atoms with Gasteiger partial charge in [-0.15, -0.1) is 0 Å². The normalized spacial score (nSPS) is 10.8. The number of aryl methyl sites for hydroxylation is 1. The lowest BCUT2D eigenvalue weighted by atomic mass is 10.1. The van der Waals surface area contributed by atoms with Crippen LogP contribution in [-0.4, -0.2) is 4.98 Å². The van der Waals surface area contributed by atoms with Crippen LogP contribution in [0.1, 0.15) is 11.3 Å². The highest BCUT2D eigenvalue weighted by Crippen LogP contribution is 2.30. The van der Waals surface area contributed by atoms with E-state index < -0.39 is 0 Å². The van der Waals surface area contributed by atoms with E-state index in [2.05, 4.69) is 4.98 Å². The van der Waals surface area contributed by atoms with Gasteiger partial charge in [0.25, 0.3) is 0 Å². The van der Waals surface area contributed by atoms with Gasteiger partial charge in [-0.1, -0.05) is 23.7 Å². The summed E-state index contributed by atoms with van der Waals surface area (Å²) in [6.07, 6.45) is 1.79. The van der Waals surface area contributed by atoms with Crippen molar-refractivity contribution in [3.05, 3.63) is 64.9 Å². The maximum atomic E-state index is 5.99. The zero-order chi connectivity index (χ0) is 14.8. The number of fused-ring (bicyclic) bond motifs is 1. The van der Waals surface area contributed by atoms with E-state index in [0.717, 1.165) is 32.8 Å². The number of hydrogen-bond donors (Lipinski definition) is 1. The van der Waals surface area contributed by atoms with Gasteiger partial charge >= 0.3 is 0 Å². The molecule has 4 heteroatoms. The third-order valence-electron chi connectivity index (χ3n) is 3.34. The topological polar surface area (TPSA) is 48.1 Å². The Hall–Kier alpha value is -2.26. The molecule has 3 nitrogen and oxygen atoms in total. The molecule has 0 aliphatic carbocycles. The fourth-order valence-corrected chi connectivity index (χ4v) is 2.33. The van der Waals surface area contributed by atoms with E-state index in [1.807, 2.05) is 49.4 Å². The number of halogens is 1. The van der Waals surface area contributed by atoms with E-state index in [9.17, 15) is 0 Å². The van der Waals surface area contributed by atoms with Gasteiger partial charge in [0.05, 0.1) is 0 Å². The molecule has 106 valence electrons. The molecule has 0 unspecified atom stereocenters. The lowest BCUT2D eigenvalue weighted by Gasteiger charge is -2.11. The van der Waals surface area contributed by atoms with Gasteiger partial charge in [0.2, 0.25) is 0 Å². The number of nitrogens with two attached hydrogens (primary N) is 1. The largest absolute Gasteiger partial charge is 0.488 e. The summed E-state index contributed by atoms with van der Waals surface area (Å²) in [5.41, 5.74) is 8.69. The number of ether oxygens (including phenoxy) is 1. The van der Waals surface area contributed by atoms with Gasteiger partial charge in [-0.3, -0.25) is 4.98 Å². The van der Waals surface area contributed by atoms with Crippen LogP contribution >= 0.6 is 11.6 Å². The first-order valence-electron chi connectivity index (χ1n) is 6.65. The highest BCUT2D eigenvalue weighted by Gasteiger charge is 2.06. The van der Waals surface area contributed by atoms with Gasteiger partial charge in [0.1, 0.15) is 12.4 Å². The molecule has 0 spiro atoms. The summed E-state index contributed by atoms with van der Waals surface area (Å²) in [5, 5.41) is 2.61. The monoisotopic (exact) mass is 298 g/mol. The first-order valence-corrected chi connectivity index (χ1v) is 7.03. The molecule has 0 saturated carbocycles. The predicted octanol–water partition coefficient (Wildman–Crippen LogP) is 4.36. The van der Waals surface area contributed by atoms with Crippen LogP contribution in [0.5, 0.6) is 5.75 Å². The third kappa shape index (κ3) is 2.93. The summed E-state index contributed by atoms with van der Waals surface area (Å²) < 4.78 is 5.93.